The van der Waals surface area contributed by atoms with E-state index in [0.717, 1.165) is 23.1 Å². The van der Waals surface area contributed by atoms with E-state index >= 15 is 0 Å². The zero-order valence-corrected chi connectivity index (χ0v) is 19.7. The topological polar surface area (TPSA) is 92.7 Å². The van der Waals surface area contributed by atoms with Crippen molar-refractivity contribution in [3.63, 3.8) is 0 Å². The molecular weight excluding hydrogens is 450 g/mol. The molecule has 0 aliphatic carbocycles. The highest BCUT2D eigenvalue weighted by atomic mass is 32.2. The van der Waals surface area contributed by atoms with E-state index in [0.29, 0.717) is 23.5 Å². The van der Waals surface area contributed by atoms with Crippen molar-refractivity contribution >= 4 is 28.6 Å². The molecule has 2 unspecified atom stereocenters. The first-order valence-corrected chi connectivity index (χ1v) is 11.9. The van der Waals surface area contributed by atoms with Crippen molar-refractivity contribution in [2.24, 2.45) is 5.92 Å². The van der Waals surface area contributed by atoms with E-state index in [-0.39, 0.29) is 17.4 Å². The summed E-state index contributed by atoms with van der Waals surface area (Å²) in [6.45, 7) is 1.13. The number of hydrogen-bond acceptors (Lipinski definition) is 6. The average Bonchev–Trinajstić information content (AvgIpc) is 2.84. The molecule has 0 saturated carbocycles. The Labute approximate surface area is 203 Å². The molecule has 3 rings (SSSR count). The lowest BCUT2D eigenvalue weighted by molar-refractivity contribution is -0.136. The highest BCUT2D eigenvalue weighted by molar-refractivity contribution is 8.13. The average molecular weight is 478 g/mol. The molecular formula is C27H27NO5S. The third-order valence-electron chi connectivity index (χ3n) is 5.15. The number of thioether (sulfide) groups is 1. The first-order chi connectivity index (χ1) is 16.4. The molecule has 3 aromatic rings. The summed E-state index contributed by atoms with van der Waals surface area (Å²) in [7, 11) is 0. The number of aliphatic carboxylic acids is 1. The Morgan fingerprint density at radius 2 is 1.47 bits per heavy atom. The molecule has 7 heteroatoms. The number of carboxylic acid groups (broad SMARTS) is 1. The Morgan fingerprint density at radius 1 is 0.882 bits per heavy atom. The number of rotatable bonds is 12. The Hall–Kier alpha value is -3.42. The van der Waals surface area contributed by atoms with Crippen LogP contribution in [-0.2, 0) is 20.8 Å². The van der Waals surface area contributed by atoms with Gasteiger partial charge in [-0.1, -0.05) is 72.4 Å². The van der Waals surface area contributed by atoms with Crippen molar-refractivity contribution in [1.82, 2.24) is 5.32 Å². The Morgan fingerprint density at radius 3 is 2.06 bits per heavy atom. The van der Waals surface area contributed by atoms with Crippen LogP contribution in [0.2, 0.25) is 0 Å². The Bertz CT molecular complexity index is 1090. The number of benzene rings is 3. The number of Topliss-reactive ketones (excluding diaryl/α,β-unsaturated/α-hetero) is 1. The largest absolute Gasteiger partial charge is 0.480 e. The van der Waals surface area contributed by atoms with Crippen LogP contribution in [0, 0.1) is 5.92 Å². The number of ether oxygens (including phenoxy) is 1. The van der Waals surface area contributed by atoms with E-state index in [1.807, 2.05) is 72.8 Å². The molecule has 2 atom stereocenters. The van der Waals surface area contributed by atoms with Crippen molar-refractivity contribution in [2.75, 3.05) is 12.3 Å². The van der Waals surface area contributed by atoms with Gasteiger partial charge in [-0.15, -0.1) is 0 Å². The number of carboxylic acids is 1. The summed E-state index contributed by atoms with van der Waals surface area (Å²) < 4.78 is 5.83. The van der Waals surface area contributed by atoms with E-state index < -0.39 is 17.9 Å². The van der Waals surface area contributed by atoms with Crippen molar-refractivity contribution in [3.8, 4) is 11.5 Å². The summed E-state index contributed by atoms with van der Waals surface area (Å²) in [5.41, 5.74) is 1.62. The predicted molar refractivity (Wildman–Crippen MR) is 133 cm³/mol. The first-order valence-electron chi connectivity index (χ1n) is 10.9. The molecule has 0 aliphatic rings. The lowest BCUT2D eigenvalue weighted by Gasteiger charge is -2.23. The van der Waals surface area contributed by atoms with Gasteiger partial charge in [0.05, 0.1) is 12.6 Å². The molecule has 3 aromatic carbocycles. The van der Waals surface area contributed by atoms with Crippen LogP contribution in [0.15, 0.2) is 84.9 Å². The van der Waals surface area contributed by atoms with Gasteiger partial charge in [0.15, 0.2) is 10.9 Å². The number of hydrogen-bond donors (Lipinski definition) is 2. The molecule has 0 radical (unpaired) electrons. The van der Waals surface area contributed by atoms with Gasteiger partial charge in [-0.05, 0) is 41.8 Å². The maximum Gasteiger partial charge on any atom is 0.317 e. The van der Waals surface area contributed by atoms with E-state index in [1.165, 1.54) is 6.92 Å². The van der Waals surface area contributed by atoms with Gasteiger partial charge in [-0.2, -0.15) is 0 Å². The van der Waals surface area contributed by atoms with Gasteiger partial charge in [-0.3, -0.25) is 19.7 Å². The summed E-state index contributed by atoms with van der Waals surface area (Å²) in [6, 6.07) is 25.2. The highest BCUT2D eigenvalue weighted by Gasteiger charge is 2.29. The Balaban J connectivity index is 1.78. The molecule has 176 valence electrons. The van der Waals surface area contributed by atoms with Gasteiger partial charge in [0, 0.05) is 18.6 Å². The second kappa shape index (κ2) is 12.7. The number of nitrogens with one attached hydrogen (secondary N) is 1. The summed E-state index contributed by atoms with van der Waals surface area (Å²) in [6.07, 6.45) is 0.419. The van der Waals surface area contributed by atoms with Crippen LogP contribution in [-0.4, -0.2) is 34.3 Å². The molecule has 0 spiro atoms. The van der Waals surface area contributed by atoms with Gasteiger partial charge in [-0.25, -0.2) is 0 Å². The van der Waals surface area contributed by atoms with Crippen molar-refractivity contribution in [3.05, 3.63) is 96.1 Å². The molecule has 0 saturated heterocycles. The smallest absolute Gasteiger partial charge is 0.317 e. The molecule has 0 amide bonds. The lowest BCUT2D eigenvalue weighted by atomic mass is 9.89. The minimum Gasteiger partial charge on any atom is -0.480 e. The van der Waals surface area contributed by atoms with Gasteiger partial charge < -0.3 is 9.84 Å². The molecule has 0 aliphatic heterocycles. The van der Waals surface area contributed by atoms with Crippen LogP contribution in [0.5, 0.6) is 11.5 Å². The van der Waals surface area contributed by atoms with Crippen LogP contribution >= 0.6 is 11.8 Å². The van der Waals surface area contributed by atoms with E-state index in [9.17, 15) is 14.4 Å². The third kappa shape index (κ3) is 7.86. The fourth-order valence-electron chi connectivity index (χ4n) is 3.52. The normalized spacial score (nSPS) is 12.5. The number of para-hydroxylation sites is 1. The minimum atomic E-state index is -1.04. The molecule has 0 aromatic heterocycles. The van der Waals surface area contributed by atoms with Gasteiger partial charge in [0.1, 0.15) is 11.5 Å². The molecule has 6 nitrogen and oxygen atoms in total. The minimum absolute atomic E-state index is 0.0702. The van der Waals surface area contributed by atoms with Crippen molar-refractivity contribution in [2.45, 2.75) is 19.4 Å². The molecule has 2 N–H and O–H groups in total. The summed E-state index contributed by atoms with van der Waals surface area (Å²) in [5, 5.41) is 11.9. The second-order valence-electron chi connectivity index (χ2n) is 7.78. The molecule has 0 bridgehead atoms. The third-order valence-corrected chi connectivity index (χ3v) is 6.12. The van der Waals surface area contributed by atoms with Gasteiger partial charge in [0.25, 0.3) is 0 Å². The van der Waals surface area contributed by atoms with Gasteiger partial charge >= 0.3 is 5.97 Å². The second-order valence-corrected chi connectivity index (χ2v) is 8.98. The summed E-state index contributed by atoms with van der Waals surface area (Å²) in [4.78, 5) is 36.4. The maximum atomic E-state index is 13.6. The van der Waals surface area contributed by atoms with E-state index in [4.69, 9.17) is 9.84 Å². The fourth-order valence-corrected chi connectivity index (χ4v) is 4.23. The van der Waals surface area contributed by atoms with E-state index in [2.05, 4.69) is 5.32 Å². The summed E-state index contributed by atoms with van der Waals surface area (Å²) >= 11 is 1.10. The van der Waals surface area contributed by atoms with Crippen LogP contribution < -0.4 is 10.1 Å². The van der Waals surface area contributed by atoms with Gasteiger partial charge in [0.2, 0.25) is 0 Å². The zero-order chi connectivity index (χ0) is 24.3. The molecule has 34 heavy (non-hydrogen) atoms. The fraction of sp³-hybridized carbons (Fsp3) is 0.222. The summed E-state index contributed by atoms with van der Waals surface area (Å²) in [5.74, 6) is 0.0521. The van der Waals surface area contributed by atoms with Crippen molar-refractivity contribution in [1.29, 1.82) is 0 Å². The highest BCUT2D eigenvalue weighted by Crippen LogP contribution is 2.26. The SMILES string of the molecule is CC(=O)SCC(Cc1ccc(Oc2ccccc2)cc1)C(=O)C(NCC(=O)O)c1ccccc1. The lowest BCUT2D eigenvalue weighted by Crippen LogP contribution is -2.37. The predicted octanol–water partition coefficient (Wildman–Crippen LogP) is 4.90. The number of carbonyl (C=O) groups is 3. The van der Waals surface area contributed by atoms with Crippen molar-refractivity contribution < 1.29 is 24.2 Å². The number of carbonyl (C=O) groups excluding carboxylic acids is 2. The molecule has 0 heterocycles. The van der Waals surface area contributed by atoms with Crippen LogP contribution in [0.1, 0.15) is 24.1 Å². The standard InChI is InChI=1S/C27H27NO5S/c1-19(29)34-18-22(27(32)26(28-17-25(30)31)21-8-4-2-5-9-21)16-20-12-14-24(15-13-20)33-23-10-6-3-7-11-23/h2-15,22,26,28H,16-18H2,1H3,(H,30,31). The Kier molecular flexibility index (Phi) is 9.43. The van der Waals surface area contributed by atoms with Crippen LogP contribution in [0.4, 0.5) is 0 Å². The quantitative estimate of drug-likeness (QED) is 0.383. The number of ketones is 1. The molecule has 0 fully saturated rings. The van der Waals surface area contributed by atoms with Crippen LogP contribution in [0.25, 0.3) is 0 Å². The monoisotopic (exact) mass is 477 g/mol. The van der Waals surface area contributed by atoms with E-state index in [1.54, 1.807) is 12.1 Å². The zero-order valence-electron chi connectivity index (χ0n) is 18.8. The van der Waals surface area contributed by atoms with Crippen LogP contribution in [0.3, 0.4) is 0 Å². The maximum absolute atomic E-state index is 13.6. The first kappa shape index (κ1) is 25.2.